The van der Waals surface area contributed by atoms with Gasteiger partial charge in [0, 0.05) is 11.0 Å². The Labute approximate surface area is 125 Å². The van der Waals surface area contributed by atoms with Crippen molar-refractivity contribution >= 4 is 46.3 Å². The van der Waals surface area contributed by atoms with E-state index >= 15 is 0 Å². The van der Waals surface area contributed by atoms with E-state index in [-0.39, 0.29) is 16.8 Å². The number of thiophene rings is 1. The Hall–Kier alpha value is -2.18. The number of amides is 1. The maximum atomic E-state index is 11.6. The van der Waals surface area contributed by atoms with E-state index in [0.29, 0.717) is 5.69 Å². The summed E-state index contributed by atoms with van der Waals surface area (Å²) in [4.78, 5) is 12.6. The third-order valence-electron chi connectivity index (χ3n) is 2.33. The average molecular weight is 304 g/mol. The zero-order chi connectivity index (χ0) is 14.4. The van der Waals surface area contributed by atoms with Crippen LogP contribution in [0.3, 0.4) is 0 Å². The summed E-state index contributed by atoms with van der Waals surface area (Å²) in [6.45, 7) is 0. The second-order valence-electron chi connectivity index (χ2n) is 3.81. The van der Waals surface area contributed by atoms with Crippen molar-refractivity contribution in [3.63, 3.8) is 0 Å². The third kappa shape index (κ3) is 4.18. The van der Waals surface area contributed by atoms with E-state index in [1.807, 2.05) is 17.5 Å². The van der Waals surface area contributed by atoms with Crippen LogP contribution >= 0.6 is 23.6 Å². The van der Waals surface area contributed by atoms with Crippen LogP contribution in [0.4, 0.5) is 5.69 Å². The monoisotopic (exact) mass is 304 g/mol. The molecule has 1 aromatic carbocycles. The van der Waals surface area contributed by atoms with E-state index in [1.165, 1.54) is 12.1 Å². The minimum Gasteiger partial charge on any atom is -0.506 e. The van der Waals surface area contributed by atoms with Gasteiger partial charge in [-0.15, -0.1) is 11.3 Å². The summed E-state index contributed by atoms with van der Waals surface area (Å²) in [5, 5.41) is 16.9. The number of phenolic OH excluding ortho intramolecular Hbond substituents is 1. The van der Waals surface area contributed by atoms with Gasteiger partial charge in [0.1, 0.15) is 5.75 Å². The molecule has 0 aliphatic carbocycles. The lowest BCUT2D eigenvalue weighted by Crippen LogP contribution is -2.32. The third-order valence-corrected chi connectivity index (χ3v) is 3.37. The topological polar surface area (TPSA) is 61.4 Å². The summed E-state index contributed by atoms with van der Waals surface area (Å²) in [5.41, 5.74) is 0.444. The molecule has 2 aromatic rings. The first-order valence-electron chi connectivity index (χ1n) is 5.77. The van der Waals surface area contributed by atoms with Gasteiger partial charge >= 0.3 is 0 Å². The molecular formula is C14H12N2O2S2. The predicted octanol–water partition coefficient (Wildman–Crippen LogP) is 2.98. The SMILES string of the molecule is O=C(/C=C/c1cccs1)NC(=S)Nc1ccccc1O. The van der Waals surface area contributed by atoms with Crippen LogP contribution < -0.4 is 10.6 Å². The van der Waals surface area contributed by atoms with Crippen molar-refractivity contribution in [3.8, 4) is 5.75 Å². The van der Waals surface area contributed by atoms with Gasteiger partial charge in [0.05, 0.1) is 5.69 Å². The second-order valence-corrected chi connectivity index (χ2v) is 5.20. The Kier molecular flexibility index (Phi) is 4.86. The summed E-state index contributed by atoms with van der Waals surface area (Å²) in [7, 11) is 0. The normalized spacial score (nSPS) is 10.4. The largest absolute Gasteiger partial charge is 0.506 e. The molecule has 0 bridgehead atoms. The molecule has 0 atom stereocenters. The van der Waals surface area contributed by atoms with E-state index in [2.05, 4.69) is 10.6 Å². The molecule has 2 rings (SSSR count). The van der Waals surface area contributed by atoms with Crippen molar-refractivity contribution < 1.29 is 9.90 Å². The van der Waals surface area contributed by atoms with E-state index in [0.717, 1.165) is 4.88 Å². The lowest BCUT2D eigenvalue weighted by atomic mass is 10.3. The lowest BCUT2D eigenvalue weighted by molar-refractivity contribution is -0.115. The molecule has 1 amide bonds. The molecule has 0 radical (unpaired) electrons. The van der Waals surface area contributed by atoms with Gasteiger partial charge in [-0.3, -0.25) is 10.1 Å². The second kappa shape index (κ2) is 6.83. The van der Waals surface area contributed by atoms with Crippen molar-refractivity contribution in [2.45, 2.75) is 0 Å². The number of carbonyl (C=O) groups is 1. The van der Waals surface area contributed by atoms with E-state index in [1.54, 1.807) is 35.6 Å². The molecule has 20 heavy (non-hydrogen) atoms. The van der Waals surface area contributed by atoms with Crippen molar-refractivity contribution in [2.24, 2.45) is 0 Å². The Balaban J connectivity index is 1.88. The van der Waals surface area contributed by atoms with Crippen LogP contribution in [0.15, 0.2) is 47.9 Å². The highest BCUT2D eigenvalue weighted by Gasteiger charge is 2.04. The van der Waals surface area contributed by atoms with Crippen molar-refractivity contribution in [1.29, 1.82) is 0 Å². The highest BCUT2D eigenvalue weighted by atomic mass is 32.1. The number of hydrogen-bond donors (Lipinski definition) is 3. The maximum Gasteiger partial charge on any atom is 0.250 e. The summed E-state index contributed by atoms with van der Waals surface area (Å²) < 4.78 is 0. The molecular weight excluding hydrogens is 292 g/mol. The smallest absolute Gasteiger partial charge is 0.250 e. The fourth-order valence-corrected chi connectivity index (χ4v) is 2.26. The minimum atomic E-state index is -0.327. The molecule has 0 saturated heterocycles. The van der Waals surface area contributed by atoms with Crippen LogP contribution in [0, 0.1) is 0 Å². The molecule has 6 heteroatoms. The maximum absolute atomic E-state index is 11.6. The van der Waals surface area contributed by atoms with Gasteiger partial charge in [-0.2, -0.15) is 0 Å². The molecule has 3 N–H and O–H groups in total. The fraction of sp³-hybridized carbons (Fsp3) is 0. The molecule has 0 aliphatic rings. The zero-order valence-corrected chi connectivity index (χ0v) is 12.0. The van der Waals surface area contributed by atoms with Gasteiger partial charge in [-0.25, -0.2) is 0 Å². The molecule has 1 heterocycles. The Morgan fingerprint density at radius 2 is 2.05 bits per heavy atom. The first-order chi connectivity index (χ1) is 9.65. The first kappa shape index (κ1) is 14.2. The summed E-state index contributed by atoms with van der Waals surface area (Å²) in [6, 6.07) is 10.5. The number of thiocarbonyl (C=S) groups is 1. The number of anilines is 1. The van der Waals surface area contributed by atoms with E-state index in [4.69, 9.17) is 12.2 Å². The Morgan fingerprint density at radius 3 is 2.75 bits per heavy atom. The number of phenols is 1. The number of aromatic hydroxyl groups is 1. The van der Waals surface area contributed by atoms with E-state index in [9.17, 15) is 9.90 Å². The summed E-state index contributed by atoms with van der Waals surface area (Å²) in [6.07, 6.45) is 3.12. The van der Waals surface area contributed by atoms with Crippen LogP contribution in [0.2, 0.25) is 0 Å². The molecule has 0 saturated carbocycles. The van der Waals surface area contributed by atoms with Crippen molar-refractivity contribution in [1.82, 2.24) is 5.32 Å². The summed E-state index contributed by atoms with van der Waals surface area (Å²) in [5.74, 6) is -0.260. The number of hydrogen-bond acceptors (Lipinski definition) is 4. The van der Waals surface area contributed by atoms with Crippen LogP contribution in [0.1, 0.15) is 4.88 Å². The van der Waals surface area contributed by atoms with Gasteiger partial charge in [0.15, 0.2) is 5.11 Å². The summed E-state index contributed by atoms with van der Waals surface area (Å²) >= 11 is 6.54. The highest BCUT2D eigenvalue weighted by molar-refractivity contribution is 7.80. The van der Waals surface area contributed by atoms with Crippen molar-refractivity contribution in [2.75, 3.05) is 5.32 Å². The predicted molar refractivity (Wildman–Crippen MR) is 85.8 cm³/mol. The van der Waals surface area contributed by atoms with Gasteiger partial charge in [-0.05, 0) is 41.9 Å². The van der Waals surface area contributed by atoms with Crippen LogP contribution in [0.25, 0.3) is 6.08 Å². The van der Waals surface area contributed by atoms with Crippen LogP contribution in [-0.2, 0) is 4.79 Å². The lowest BCUT2D eigenvalue weighted by Gasteiger charge is -2.09. The van der Waals surface area contributed by atoms with Gasteiger partial charge in [0.2, 0.25) is 5.91 Å². The quantitative estimate of drug-likeness (QED) is 0.463. The van der Waals surface area contributed by atoms with Crippen molar-refractivity contribution in [3.05, 3.63) is 52.7 Å². The molecule has 102 valence electrons. The number of benzene rings is 1. The van der Waals surface area contributed by atoms with Gasteiger partial charge < -0.3 is 10.4 Å². The van der Waals surface area contributed by atoms with Crippen LogP contribution in [0.5, 0.6) is 5.75 Å². The Bertz CT molecular complexity index is 636. The number of rotatable bonds is 3. The average Bonchev–Trinajstić information content (AvgIpc) is 2.92. The molecule has 0 fully saturated rings. The number of carbonyl (C=O) groups excluding carboxylic acids is 1. The Morgan fingerprint density at radius 1 is 1.25 bits per heavy atom. The molecule has 0 aliphatic heterocycles. The van der Waals surface area contributed by atoms with Gasteiger partial charge in [-0.1, -0.05) is 18.2 Å². The molecule has 1 aromatic heterocycles. The van der Waals surface area contributed by atoms with E-state index < -0.39 is 0 Å². The van der Waals surface area contributed by atoms with Crippen LogP contribution in [-0.4, -0.2) is 16.1 Å². The molecule has 0 spiro atoms. The number of para-hydroxylation sites is 2. The fourth-order valence-electron chi connectivity index (χ4n) is 1.43. The minimum absolute atomic E-state index is 0.0678. The number of nitrogens with one attached hydrogen (secondary N) is 2. The van der Waals surface area contributed by atoms with Gasteiger partial charge in [0.25, 0.3) is 0 Å². The molecule has 0 unspecified atom stereocenters. The highest BCUT2D eigenvalue weighted by Crippen LogP contribution is 2.21. The first-order valence-corrected chi connectivity index (χ1v) is 7.05. The zero-order valence-electron chi connectivity index (χ0n) is 10.4. The standard InChI is InChI=1S/C14H12N2O2S2/c17-12-6-2-1-5-11(12)15-14(19)16-13(18)8-7-10-4-3-9-20-10/h1-9,17H,(H2,15,16,18,19)/b8-7+. The molecule has 4 nitrogen and oxygen atoms in total.